The molecule has 0 bridgehead atoms. The lowest BCUT2D eigenvalue weighted by molar-refractivity contribution is 1.38. The second-order valence-electron chi connectivity index (χ2n) is 4.33. The maximum absolute atomic E-state index is 4.54. The van der Waals surface area contributed by atoms with Crippen molar-refractivity contribution < 1.29 is 0 Å². The van der Waals surface area contributed by atoms with Crippen molar-refractivity contribution in [1.82, 2.24) is 4.98 Å². The van der Waals surface area contributed by atoms with Crippen molar-refractivity contribution in [3.05, 3.63) is 64.8 Å². The molecule has 0 N–H and O–H groups in total. The molecule has 0 aliphatic heterocycles. The Kier molecular flexibility index (Phi) is 2.88. The maximum Gasteiger partial charge on any atom is 0.0705 e. The quantitative estimate of drug-likeness (QED) is 0.618. The van der Waals surface area contributed by atoms with Crippen LogP contribution in [-0.2, 0) is 0 Å². The predicted molar refractivity (Wildman–Crippen MR) is 79.6 cm³/mol. The minimum atomic E-state index is 1.04. The average Bonchev–Trinajstić information content (AvgIpc) is 2.44. The first-order valence-electron chi connectivity index (χ1n) is 5.86. The van der Waals surface area contributed by atoms with Crippen LogP contribution in [0.1, 0.15) is 5.56 Å². The van der Waals surface area contributed by atoms with Crippen LogP contribution in [0.4, 0.5) is 0 Å². The molecular formula is C16H12BrN. The minimum absolute atomic E-state index is 1.04. The lowest BCUT2D eigenvalue weighted by Crippen LogP contribution is -1.86. The summed E-state index contributed by atoms with van der Waals surface area (Å²) in [5, 5.41) is 1.20. The smallest absolute Gasteiger partial charge is 0.0705 e. The Bertz CT molecular complexity index is 705. The summed E-state index contributed by atoms with van der Waals surface area (Å²) in [4.78, 5) is 4.54. The molecule has 1 nitrogen and oxygen atoms in total. The van der Waals surface area contributed by atoms with E-state index in [1.54, 1.807) is 0 Å². The normalized spacial score (nSPS) is 10.8. The molecule has 2 heteroatoms. The highest BCUT2D eigenvalue weighted by Gasteiger charge is 2.04. The third kappa shape index (κ3) is 1.93. The van der Waals surface area contributed by atoms with Crippen LogP contribution in [0.5, 0.6) is 0 Å². The van der Waals surface area contributed by atoms with Crippen molar-refractivity contribution in [2.24, 2.45) is 0 Å². The van der Waals surface area contributed by atoms with Crippen LogP contribution in [0.3, 0.4) is 0 Å². The number of pyridine rings is 1. The molecule has 0 saturated heterocycles. The Labute approximate surface area is 115 Å². The highest BCUT2D eigenvalue weighted by molar-refractivity contribution is 9.10. The first-order chi connectivity index (χ1) is 8.75. The lowest BCUT2D eigenvalue weighted by atomic mass is 10.0. The number of fused-ring (bicyclic) bond motifs is 1. The number of aromatic nitrogens is 1. The van der Waals surface area contributed by atoms with Gasteiger partial charge in [-0.2, -0.15) is 0 Å². The second kappa shape index (κ2) is 4.54. The van der Waals surface area contributed by atoms with E-state index >= 15 is 0 Å². The number of hydrogen-bond donors (Lipinski definition) is 0. The zero-order chi connectivity index (χ0) is 12.5. The number of nitrogens with zero attached hydrogens (tertiary/aromatic N) is 1. The Morgan fingerprint density at radius 2 is 1.72 bits per heavy atom. The van der Waals surface area contributed by atoms with Crippen molar-refractivity contribution in [3.63, 3.8) is 0 Å². The molecule has 3 aromatic rings. The summed E-state index contributed by atoms with van der Waals surface area (Å²) in [6.45, 7) is 2.11. The van der Waals surface area contributed by atoms with Crippen LogP contribution in [0.2, 0.25) is 0 Å². The van der Waals surface area contributed by atoms with Crippen molar-refractivity contribution in [2.75, 3.05) is 0 Å². The molecule has 1 aromatic heterocycles. The topological polar surface area (TPSA) is 12.9 Å². The average molecular weight is 298 g/mol. The van der Waals surface area contributed by atoms with Crippen LogP contribution in [0, 0.1) is 6.92 Å². The summed E-state index contributed by atoms with van der Waals surface area (Å²) < 4.78 is 1.13. The zero-order valence-corrected chi connectivity index (χ0v) is 11.6. The Morgan fingerprint density at radius 3 is 2.50 bits per heavy atom. The van der Waals surface area contributed by atoms with E-state index in [0.29, 0.717) is 0 Å². The zero-order valence-electron chi connectivity index (χ0n) is 10.0. The highest BCUT2D eigenvalue weighted by Crippen LogP contribution is 2.28. The van der Waals surface area contributed by atoms with Gasteiger partial charge in [0.05, 0.1) is 5.52 Å². The van der Waals surface area contributed by atoms with Crippen molar-refractivity contribution >= 4 is 26.8 Å². The van der Waals surface area contributed by atoms with Crippen LogP contribution in [-0.4, -0.2) is 4.98 Å². The third-order valence-electron chi connectivity index (χ3n) is 3.18. The number of aryl methyl sites for hydroxylation is 1. The maximum atomic E-state index is 4.54. The Balaban J connectivity index is 2.25. The summed E-state index contributed by atoms with van der Waals surface area (Å²) in [5.74, 6) is 0. The van der Waals surface area contributed by atoms with E-state index < -0.39 is 0 Å². The van der Waals surface area contributed by atoms with Crippen molar-refractivity contribution in [1.29, 1.82) is 0 Å². The van der Waals surface area contributed by atoms with Gasteiger partial charge >= 0.3 is 0 Å². The van der Waals surface area contributed by atoms with E-state index in [1.807, 2.05) is 36.5 Å². The van der Waals surface area contributed by atoms with Gasteiger partial charge in [0.1, 0.15) is 0 Å². The van der Waals surface area contributed by atoms with Crippen LogP contribution >= 0.6 is 15.9 Å². The molecular weight excluding hydrogens is 286 g/mol. The van der Waals surface area contributed by atoms with Crippen LogP contribution < -0.4 is 0 Å². The van der Waals surface area contributed by atoms with Gasteiger partial charge in [-0.15, -0.1) is 0 Å². The van der Waals surface area contributed by atoms with E-state index in [4.69, 9.17) is 0 Å². The Hall–Kier alpha value is -1.67. The van der Waals surface area contributed by atoms with E-state index in [2.05, 4.69) is 46.0 Å². The molecule has 0 amide bonds. The first kappa shape index (κ1) is 11.4. The van der Waals surface area contributed by atoms with E-state index in [9.17, 15) is 0 Å². The summed E-state index contributed by atoms with van der Waals surface area (Å²) in [7, 11) is 0. The highest BCUT2D eigenvalue weighted by atomic mass is 79.9. The molecule has 0 spiro atoms. The Morgan fingerprint density at radius 1 is 0.944 bits per heavy atom. The predicted octanol–water partition coefficient (Wildman–Crippen LogP) is 4.97. The van der Waals surface area contributed by atoms with Gasteiger partial charge in [0.2, 0.25) is 0 Å². The standard InChI is InChI=1S/C16H12BrN/c1-11-14-9-13(12-5-3-2-4-6-12)10-18-16(14)8-7-15(11)17/h2-10H,1H3. The molecule has 0 unspecified atom stereocenters. The lowest BCUT2D eigenvalue weighted by Gasteiger charge is -2.07. The fraction of sp³-hybridized carbons (Fsp3) is 0.0625. The summed E-state index contributed by atoms with van der Waals surface area (Å²) in [5.41, 5.74) is 4.63. The van der Waals surface area contributed by atoms with Gasteiger partial charge in [0, 0.05) is 21.6 Å². The number of benzene rings is 2. The van der Waals surface area contributed by atoms with E-state index in [1.165, 1.54) is 16.5 Å². The third-order valence-corrected chi connectivity index (χ3v) is 4.03. The SMILES string of the molecule is Cc1c(Br)ccc2ncc(-c3ccccc3)cc12. The summed E-state index contributed by atoms with van der Waals surface area (Å²) in [6, 6.07) is 16.6. The molecule has 0 saturated carbocycles. The van der Waals surface area contributed by atoms with Crippen molar-refractivity contribution in [2.45, 2.75) is 6.92 Å². The fourth-order valence-electron chi connectivity index (χ4n) is 2.10. The van der Waals surface area contributed by atoms with E-state index in [-0.39, 0.29) is 0 Å². The molecule has 3 rings (SSSR count). The fourth-order valence-corrected chi connectivity index (χ4v) is 2.45. The van der Waals surface area contributed by atoms with Gasteiger partial charge in [-0.3, -0.25) is 4.98 Å². The van der Waals surface area contributed by atoms with Gasteiger partial charge in [0.15, 0.2) is 0 Å². The summed E-state index contributed by atoms with van der Waals surface area (Å²) >= 11 is 3.57. The molecule has 0 atom stereocenters. The molecule has 18 heavy (non-hydrogen) atoms. The summed E-state index contributed by atoms with van der Waals surface area (Å²) in [6.07, 6.45) is 1.94. The monoisotopic (exact) mass is 297 g/mol. The van der Waals surface area contributed by atoms with Crippen molar-refractivity contribution in [3.8, 4) is 11.1 Å². The largest absolute Gasteiger partial charge is 0.256 e. The molecule has 0 aliphatic carbocycles. The molecule has 0 radical (unpaired) electrons. The van der Waals surface area contributed by atoms with Gasteiger partial charge in [0.25, 0.3) is 0 Å². The van der Waals surface area contributed by atoms with Crippen LogP contribution in [0.15, 0.2) is 59.2 Å². The second-order valence-corrected chi connectivity index (χ2v) is 5.18. The number of hydrogen-bond acceptors (Lipinski definition) is 1. The number of rotatable bonds is 1. The van der Waals surface area contributed by atoms with Gasteiger partial charge in [-0.1, -0.05) is 46.3 Å². The minimum Gasteiger partial charge on any atom is -0.256 e. The first-order valence-corrected chi connectivity index (χ1v) is 6.65. The molecule has 0 fully saturated rings. The van der Waals surface area contributed by atoms with Gasteiger partial charge in [-0.25, -0.2) is 0 Å². The molecule has 88 valence electrons. The van der Waals surface area contributed by atoms with E-state index in [0.717, 1.165) is 15.6 Å². The van der Waals surface area contributed by atoms with Crippen LogP contribution in [0.25, 0.3) is 22.0 Å². The molecule has 0 aliphatic rings. The van der Waals surface area contributed by atoms with Gasteiger partial charge in [-0.05, 0) is 36.2 Å². The van der Waals surface area contributed by atoms with Gasteiger partial charge < -0.3 is 0 Å². The number of halogens is 1. The molecule has 2 aromatic carbocycles. The molecule has 1 heterocycles.